The molecule has 0 bridgehead atoms. The normalized spacial score (nSPS) is 22.4. The first-order valence-corrected chi connectivity index (χ1v) is 11.1. The first-order valence-electron chi connectivity index (χ1n) is 10.3. The number of hydrogen-bond donors (Lipinski definition) is 1. The van der Waals surface area contributed by atoms with E-state index in [-0.39, 0.29) is 17.9 Å². The summed E-state index contributed by atoms with van der Waals surface area (Å²) in [6.07, 6.45) is 6.15. The van der Waals surface area contributed by atoms with Crippen molar-refractivity contribution in [1.82, 2.24) is 5.32 Å². The lowest BCUT2D eigenvalue weighted by molar-refractivity contribution is -0.144. The van der Waals surface area contributed by atoms with Gasteiger partial charge in [0.1, 0.15) is 11.9 Å². The molecule has 1 atom stereocenters. The third-order valence-corrected chi connectivity index (χ3v) is 6.70. The summed E-state index contributed by atoms with van der Waals surface area (Å²) in [7, 11) is 1.62. The van der Waals surface area contributed by atoms with E-state index in [0.717, 1.165) is 60.0 Å². The summed E-state index contributed by atoms with van der Waals surface area (Å²) in [6.45, 7) is 1.90. The van der Waals surface area contributed by atoms with Crippen molar-refractivity contribution in [3.8, 4) is 5.75 Å². The molecular weight excluding hydrogens is 434 g/mol. The maximum Gasteiger partial charge on any atom is 0.337 e. The summed E-state index contributed by atoms with van der Waals surface area (Å²) in [5, 5.41) is 3.34. The van der Waals surface area contributed by atoms with Crippen LogP contribution in [0.1, 0.15) is 63.4 Å². The molecule has 0 aromatic heterocycles. The maximum atomic E-state index is 13.2. The molecule has 1 aromatic carbocycles. The van der Waals surface area contributed by atoms with Crippen LogP contribution in [-0.2, 0) is 14.3 Å². The fourth-order valence-electron chi connectivity index (χ4n) is 4.67. The number of ether oxygens (including phenoxy) is 2. The minimum Gasteiger partial charge on any atom is -0.496 e. The Morgan fingerprint density at radius 2 is 1.93 bits per heavy atom. The number of methoxy groups -OCH3 is 1. The van der Waals surface area contributed by atoms with E-state index in [9.17, 15) is 9.59 Å². The maximum absolute atomic E-state index is 13.2. The molecule has 1 aromatic rings. The molecular formula is C23H26BrNO4. The van der Waals surface area contributed by atoms with Gasteiger partial charge in [0.15, 0.2) is 5.78 Å². The van der Waals surface area contributed by atoms with Gasteiger partial charge >= 0.3 is 5.97 Å². The van der Waals surface area contributed by atoms with Gasteiger partial charge in [-0.15, -0.1) is 0 Å². The lowest BCUT2D eigenvalue weighted by Gasteiger charge is -2.34. The quantitative estimate of drug-likeness (QED) is 0.647. The predicted octanol–water partition coefficient (Wildman–Crippen LogP) is 4.91. The zero-order valence-corrected chi connectivity index (χ0v) is 18.4. The largest absolute Gasteiger partial charge is 0.496 e. The molecule has 1 aliphatic heterocycles. The minimum absolute atomic E-state index is 0.0245. The van der Waals surface area contributed by atoms with Gasteiger partial charge in [0.05, 0.1) is 17.2 Å². The Morgan fingerprint density at radius 1 is 1.17 bits per heavy atom. The van der Waals surface area contributed by atoms with Gasteiger partial charge in [0, 0.05) is 29.3 Å². The second-order valence-corrected chi connectivity index (χ2v) is 8.83. The van der Waals surface area contributed by atoms with Gasteiger partial charge in [-0.05, 0) is 79.1 Å². The van der Waals surface area contributed by atoms with Crippen LogP contribution in [0.15, 0.2) is 45.2 Å². The van der Waals surface area contributed by atoms with E-state index in [1.54, 1.807) is 7.11 Å². The number of benzene rings is 1. The summed E-state index contributed by atoms with van der Waals surface area (Å²) in [5.41, 5.74) is 3.85. The Kier molecular flexibility index (Phi) is 5.81. The molecule has 1 fully saturated rings. The number of ketones is 1. The fraction of sp³-hybridized carbons (Fsp3) is 0.478. The molecule has 0 radical (unpaired) electrons. The van der Waals surface area contributed by atoms with E-state index in [1.165, 1.54) is 0 Å². The summed E-state index contributed by atoms with van der Waals surface area (Å²) in [4.78, 5) is 26.2. The summed E-state index contributed by atoms with van der Waals surface area (Å²) < 4.78 is 12.0. The van der Waals surface area contributed by atoms with Crippen LogP contribution < -0.4 is 10.1 Å². The molecule has 6 heteroatoms. The molecule has 1 heterocycles. The molecule has 0 amide bonds. The first-order chi connectivity index (χ1) is 14.0. The number of hydrogen-bond acceptors (Lipinski definition) is 5. The molecule has 29 heavy (non-hydrogen) atoms. The van der Waals surface area contributed by atoms with Crippen LogP contribution in [0.25, 0.3) is 0 Å². The zero-order chi connectivity index (χ0) is 20.5. The van der Waals surface area contributed by atoms with Crippen molar-refractivity contribution < 1.29 is 19.1 Å². The first kappa shape index (κ1) is 20.2. The average Bonchev–Trinajstić information content (AvgIpc) is 3.20. The third kappa shape index (κ3) is 3.87. The smallest absolute Gasteiger partial charge is 0.337 e. The summed E-state index contributed by atoms with van der Waals surface area (Å²) in [6, 6.07) is 5.74. The highest BCUT2D eigenvalue weighted by Crippen LogP contribution is 2.44. The van der Waals surface area contributed by atoms with Crippen molar-refractivity contribution in [3.63, 3.8) is 0 Å². The molecule has 0 saturated heterocycles. The minimum atomic E-state index is -0.421. The van der Waals surface area contributed by atoms with E-state index >= 15 is 0 Å². The SMILES string of the molecule is COc1ccc([C@H]2C(C(=O)OC3CCCC3)=C(C)NC3=C2C(=O)CCC3)cc1Br. The number of halogens is 1. The van der Waals surface area contributed by atoms with Crippen molar-refractivity contribution in [2.75, 3.05) is 7.11 Å². The van der Waals surface area contributed by atoms with Crippen LogP contribution in [0.2, 0.25) is 0 Å². The van der Waals surface area contributed by atoms with Crippen LogP contribution in [0.5, 0.6) is 5.75 Å². The van der Waals surface area contributed by atoms with E-state index in [0.29, 0.717) is 23.3 Å². The molecule has 3 aliphatic rings. The highest BCUT2D eigenvalue weighted by Gasteiger charge is 2.40. The molecule has 5 nitrogen and oxygen atoms in total. The van der Waals surface area contributed by atoms with E-state index in [2.05, 4.69) is 21.2 Å². The number of esters is 1. The van der Waals surface area contributed by atoms with Crippen LogP contribution >= 0.6 is 15.9 Å². The van der Waals surface area contributed by atoms with Gasteiger partial charge in [-0.2, -0.15) is 0 Å². The second kappa shape index (κ2) is 8.34. The van der Waals surface area contributed by atoms with Crippen LogP contribution in [0.4, 0.5) is 0 Å². The monoisotopic (exact) mass is 459 g/mol. The third-order valence-electron chi connectivity index (χ3n) is 6.08. The van der Waals surface area contributed by atoms with Crippen LogP contribution in [-0.4, -0.2) is 25.0 Å². The highest BCUT2D eigenvalue weighted by atomic mass is 79.9. The van der Waals surface area contributed by atoms with Crippen LogP contribution in [0.3, 0.4) is 0 Å². The summed E-state index contributed by atoms with van der Waals surface area (Å²) >= 11 is 3.55. The number of rotatable bonds is 4. The fourth-order valence-corrected chi connectivity index (χ4v) is 5.23. The lowest BCUT2D eigenvalue weighted by atomic mass is 9.75. The van der Waals surface area contributed by atoms with Crippen molar-refractivity contribution >= 4 is 27.7 Å². The van der Waals surface area contributed by atoms with Crippen molar-refractivity contribution in [2.45, 2.75) is 63.9 Å². The van der Waals surface area contributed by atoms with Gasteiger partial charge in [0.2, 0.25) is 0 Å². The van der Waals surface area contributed by atoms with E-state index in [4.69, 9.17) is 9.47 Å². The van der Waals surface area contributed by atoms with E-state index < -0.39 is 5.92 Å². The Labute approximate surface area is 179 Å². The topological polar surface area (TPSA) is 64.6 Å². The number of carbonyl (C=O) groups is 2. The van der Waals surface area contributed by atoms with Crippen LogP contribution in [0, 0.1) is 0 Å². The lowest BCUT2D eigenvalue weighted by Crippen LogP contribution is -2.35. The standard InChI is InChI=1S/C23H26BrNO4/c1-13-20(23(27)29-15-6-3-4-7-15)21(14-10-11-19(28-2)16(24)12-14)22-17(25-13)8-5-9-18(22)26/h10-12,15,21,25H,3-9H2,1-2H3/t21-/m0/s1. The predicted molar refractivity (Wildman–Crippen MR) is 114 cm³/mol. The van der Waals surface area contributed by atoms with Gasteiger partial charge in [0.25, 0.3) is 0 Å². The molecule has 2 aliphatic carbocycles. The number of dihydropyridines is 1. The molecule has 0 spiro atoms. The van der Waals surface area contributed by atoms with Gasteiger partial charge in [-0.25, -0.2) is 4.79 Å². The second-order valence-electron chi connectivity index (χ2n) is 7.97. The Hall–Kier alpha value is -2.08. The number of Topliss-reactive ketones (excluding diaryl/α,β-unsaturated/α-hetero) is 1. The Morgan fingerprint density at radius 3 is 2.62 bits per heavy atom. The molecule has 1 N–H and O–H groups in total. The van der Waals surface area contributed by atoms with Gasteiger partial charge in [-0.3, -0.25) is 4.79 Å². The van der Waals surface area contributed by atoms with Crippen molar-refractivity contribution in [2.24, 2.45) is 0 Å². The summed E-state index contributed by atoms with van der Waals surface area (Å²) in [5.74, 6) is 0.0796. The Balaban J connectivity index is 1.78. The van der Waals surface area contributed by atoms with Gasteiger partial charge < -0.3 is 14.8 Å². The molecule has 154 valence electrons. The number of nitrogens with one attached hydrogen (secondary N) is 1. The van der Waals surface area contributed by atoms with Crippen molar-refractivity contribution in [1.29, 1.82) is 0 Å². The average molecular weight is 460 g/mol. The highest BCUT2D eigenvalue weighted by molar-refractivity contribution is 9.10. The zero-order valence-electron chi connectivity index (χ0n) is 16.8. The molecule has 4 rings (SSSR count). The van der Waals surface area contributed by atoms with E-state index in [1.807, 2.05) is 25.1 Å². The number of allylic oxidation sites excluding steroid dienone is 3. The molecule has 1 saturated carbocycles. The van der Waals surface area contributed by atoms with Crippen molar-refractivity contribution in [3.05, 3.63) is 50.8 Å². The van der Waals surface area contributed by atoms with Gasteiger partial charge in [-0.1, -0.05) is 6.07 Å². The Bertz CT molecular complexity index is 911. The number of carbonyl (C=O) groups excluding carboxylic acids is 2. The molecule has 0 unspecified atom stereocenters.